The van der Waals surface area contributed by atoms with Crippen molar-refractivity contribution in [1.29, 1.82) is 0 Å². The van der Waals surface area contributed by atoms with Gasteiger partial charge >= 0.3 is 0 Å². The standard InChI is InChI=1S/C17H18BrNO/c1-11(12-6-8-14(18)9-7-12)19-17-15-5-3-2-4-13(15)10-16(17)20/h2-9,11,16-17,19-20H,10H2,1H3. The fourth-order valence-corrected chi connectivity index (χ4v) is 3.16. The second-order valence-electron chi connectivity index (χ2n) is 5.39. The van der Waals surface area contributed by atoms with Crippen LogP contribution < -0.4 is 5.32 Å². The van der Waals surface area contributed by atoms with Crippen molar-refractivity contribution in [3.05, 3.63) is 69.7 Å². The summed E-state index contributed by atoms with van der Waals surface area (Å²) in [6, 6.07) is 16.8. The van der Waals surface area contributed by atoms with Gasteiger partial charge in [0.05, 0.1) is 12.1 Å². The molecule has 2 aromatic rings. The Hall–Kier alpha value is -1.16. The third-order valence-corrected chi connectivity index (χ3v) is 4.53. The zero-order valence-electron chi connectivity index (χ0n) is 11.4. The highest BCUT2D eigenvalue weighted by Gasteiger charge is 2.31. The van der Waals surface area contributed by atoms with Crippen molar-refractivity contribution in [1.82, 2.24) is 5.32 Å². The molecule has 0 saturated carbocycles. The number of aliphatic hydroxyl groups is 1. The van der Waals surface area contributed by atoms with Crippen LogP contribution in [0.3, 0.4) is 0 Å². The quantitative estimate of drug-likeness (QED) is 0.897. The molecule has 0 bridgehead atoms. The maximum atomic E-state index is 10.3. The Morgan fingerprint density at radius 1 is 1.15 bits per heavy atom. The molecule has 2 aromatic carbocycles. The van der Waals surface area contributed by atoms with Crippen molar-refractivity contribution >= 4 is 15.9 Å². The van der Waals surface area contributed by atoms with Crippen LogP contribution in [-0.4, -0.2) is 11.2 Å². The van der Waals surface area contributed by atoms with Crippen LogP contribution in [0.25, 0.3) is 0 Å². The van der Waals surface area contributed by atoms with Crippen LogP contribution in [0, 0.1) is 0 Å². The van der Waals surface area contributed by atoms with Gasteiger partial charge in [-0.25, -0.2) is 0 Å². The lowest BCUT2D eigenvalue weighted by molar-refractivity contribution is 0.136. The molecule has 3 unspecified atom stereocenters. The molecule has 20 heavy (non-hydrogen) atoms. The minimum Gasteiger partial charge on any atom is -0.391 e. The van der Waals surface area contributed by atoms with E-state index in [1.165, 1.54) is 16.7 Å². The number of halogens is 1. The monoisotopic (exact) mass is 331 g/mol. The molecule has 0 radical (unpaired) electrons. The first-order chi connectivity index (χ1) is 9.65. The second kappa shape index (κ2) is 5.68. The summed E-state index contributed by atoms with van der Waals surface area (Å²) in [6.45, 7) is 2.14. The van der Waals surface area contributed by atoms with Gasteiger partial charge in [0.15, 0.2) is 0 Å². The van der Waals surface area contributed by atoms with E-state index < -0.39 is 0 Å². The molecular weight excluding hydrogens is 314 g/mol. The molecule has 0 amide bonds. The zero-order valence-corrected chi connectivity index (χ0v) is 13.0. The molecule has 1 aliphatic rings. The average Bonchev–Trinajstić information content (AvgIpc) is 2.76. The summed E-state index contributed by atoms with van der Waals surface area (Å²) in [5.41, 5.74) is 3.70. The number of nitrogens with one attached hydrogen (secondary N) is 1. The first-order valence-electron chi connectivity index (χ1n) is 6.92. The summed E-state index contributed by atoms with van der Waals surface area (Å²) in [4.78, 5) is 0. The molecule has 2 N–H and O–H groups in total. The summed E-state index contributed by atoms with van der Waals surface area (Å²) in [5, 5.41) is 13.8. The molecule has 2 nitrogen and oxygen atoms in total. The molecule has 0 fully saturated rings. The van der Waals surface area contributed by atoms with Crippen LogP contribution in [0.2, 0.25) is 0 Å². The molecule has 3 rings (SSSR count). The highest BCUT2D eigenvalue weighted by molar-refractivity contribution is 9.10. The van der Waals surface area contributed by atoms with Crippen LogP contribution in [0.4, 0.5) is 0 Å². The fourth-order valence-electron chi connectivity index (χ4n) is 2.89. The van der Waals surface area contributed by atoms with E-state index in [0.717, 1.165) is 10.9 Å². The third kappa shape index (κ3) is 2.66. The lowest BCUT2D eigenvalue weighted by atomic mass is 10.0. The van der Waals surface area contributed by atoms with Gasteiger partial charge in [-0.1, -0.05) is 52.3 Å². The number of benzene rings is 2. The van der Waals surface area contributed by atoms with Gasteiger partial charge in [0.25, 0.3) is 0 Å². The van der Waals surface area contributed by atoms with E-state index in [2.05, 4.69) is 52.4 Å². The molecule has 3 atom stereocenters. The molecule has 1 aliphatic carbocycles. The summed E-state index contributed by atoms with van der Waals surface area (Å²) in [7, 11) is 0. The molecule has 0 heterocycles. The van der Waals surface area contributed by atoms with E-state index in [1.54, 1.807) is 0 Å². The van der Waals surface area contributed by atoms with Gasteiger partial charge in [-0.05, 0) is 35.7 Å². The van der Waals surface area contributed by atoms with E-state index in [0.29, 0.717) is 0 Å². The summed E-state index contributed by atoms with van der Waals surface area (Å²) < 4.78 is 1.08. The minimum atomic E-state index is -0.342. The lowest BCUT2D eigenvalue weighted by Gasteiger charge is -2.23. The third-order valence-electron chi connectivity index (χ3n) is 4.00. The molecular formula is C17H18BrNO. The number of hydrogen-bond acceptors (Lipinski definition) is 2. The maximum Gasteiger partial charge on any atom is 0.0775 e. The fraction of sp³-hybridized carbons (Fsp3) is 0.294. The van der Waals surface area contributed by atoms with Crippen molar-refractivity contribution in [2.45, 2.75) is 31.5 Å². The van der Waals surface area contributed by atoms with Gasteiger partial charge < -0.3 is 10.4 Å². The molecule has 0 spiro atoms. The number of aliphatic hydroxyl groups excluding tert-OH is 1. The molecule has 3 heteroatoms. The Bertz CT molecular complexity index is 596. The molecule has 0 saturated heterocycles. The first kappa shape index (κ1) is 13.8. The Morgan fingerprint density at radius 2 is 1.85 bits per heavy atom. The average molecular weight is 332 g/mol. The molecule has 104 valence electrons. The topological polar surface area (TPSA) is 32.3 Å². The summed E-state index contributed by atoms with van der Waals surface area (Å²) in [6.07, 6.45) is 0.395. The highest BCUT2D eigenvalue weighted by Crippen LogP contribution is 2.33. The van der Waals surface area contributed by atoms with Crippen molar-refractivity contribution in [2.24, 2.45) is 0 Å². The first-order valence-corrected chi connectivity index (χ1v) is 7.72. The normalized spacial score (nSPS) is 22.6. The van der Waals surface area contributed by atoms with Crippen LogP contribution in [0.5, 0.6) is 0 Å². The van der Waals surface area contributed by atoms with Crippen LogP contribution in [-0.2, 0) is 6.42 Å². The zero-order chi connectivity index (χ0) is 14.1. The highest BCUT2D eigenvalue weighted by atomic mass is 79.9. The predicted molar refractivity (Wildman–Crippen MR) is 84.6 cm³/mol. The minimum absolute atomic E-state index is 0.0184. The Balaban J connectivity index is 1.79. The predicted octanol–water partition coefficient (Wildman–Crippen LogP) is 3.76. The van der Waals surface area contributed by atoms with Crippen LogP contribution in [0.1, 0.15) is 35.7 Å². The largest absolute Gasteiger partial charge is 0.391 e. The smallest absolute Gasteiger partial charge is 0.0775 e. The van der Waals surface area contributed by atoms with E-state index >= 15 is 0 Å². The Labute approximate surface area is 128 Å². The Kier molecular flexibility index (Phi) is 3.92. The number of hydrogen-bond donors (Lipinski definition) is 2. The molecule has 0 aliphatic heterocycles. The van der Waals surface area contributed by atoms with E-state index in [1.807, 2.05) is 24.3 Å². The van der Waals surface area contributed by atoms with Gasteiger partial charge in [0.2, 0.25) is 0 Å². The van der Waals surface area contributed by atoms with Crippen molar-refractivity contribution in [3.8, 4) is 0 Å². The van der Waals surface area contributed by atoms with Gasteiger partial charge in [-0.2, -0.15) is 0 Å². The van der Waals surface area contributed by atoms with Gasteiger partial charge in [-0.3, -0.25) is 0 Å². The lowest BCUT2D eigenvalue weighted by Crippen LogP contribution is -2.30. The van der Waals surface area contributed by atoms with Crippen molar-refractivity contribution in [2.75, 3.05) is 0 Å². The van der Waals surface area contributed by atoms with E-state index in [4.69, 9.17) is 0 Å². The number of rotatable bonds is 3. The maximum absolute atomic E-state index is 10.3. The van der Waals surface area contributed by atoms with Crippen LogP contribution in [0.15, 0.2) is 53.0 Å². The SMILES string of the molecule is CC(NC1c2ccccc2CC1O)c1ccc(Br)cc1. The van der Waals surface area contributed by atoms with Crippen molar-refractivity contribution < 1.29 is 5.11 Å². The van der Waals surface area contributed by atoms with E-state index in [-0.39, 0.29) is 18.2 Å². The summed E-state index contributed by atoms with van der Waals surface area (Å²) in [5.74, 6) is 0. The molecule has 0 aromatic heterocycles. The van der Waals surface area contributed by atoms with Gasteiger partial charge in [-0.15, -0.1) is 0 Å². The van der Waals surface area contributed by atoms with Crippen molar-refractivity contribution in [3.63, 3.8) is 0 Å². The Morgan fingerprint density at radius 3 is 2.60 bits per heavy atom. The van der Waals surface area contributed by atoms with Gasteiger partial charge in [0.1, 0.15) is 0 Å². The summed E-state index contributed by atoms with van der Waals surface area (Å²) >= 11 is 3.45. The van der Waals surface area contributed by atoms with Crippen LogP contribution >= 0.6 is 15.9 Å². The van der Waals surface area contributed by atoms with Gasteiger partial charge in [0, 0.05) is 16.9 Å². The second-order valence-corrected chi connectivity index (χ2v) is 6.30. The number of fused-ring (bicyclic) bond motifs is 1. The van der Waals surface area contributed by atoms with E-state index in [9.17, 15) is 5.11 Å².